The molecule has 4 rings (SSSR count). The molecule has 3 aromatic rings. The van der Waals surface area contributed by atoms with E-state index in [1.165, 1.54) is 17.0 Å². The Bertz CT molecular complexity index is 1080. The standard InChI is InChI=1S/C19H17FN6O2/c1-19(2)18(28)21-14-8-3-4-9-15(14)26(19)16(27)11-25-23-17(22-24-25)12-6-5-7-13(20)10-12/h3-10H,11H2,1-2H3,(H,21,28). The molecule has 1 N–H and O–H groups in total. The molecule has 1 aromatic heterocycles. The number of carbonyl (C=O) groups is 2. The second kappa shape index (κ2) is 6.52. The van der Waals surface area contributed by atoms with Gasteiger partial charge in [-0.2, -0.15) is 4.80 Å². The number of aromatic nitrogens is 4. The largest absolute Gasteiger partial charge is 0.322 e. The molecule has 0 aliphatic carbocycles. The molecule has 2 heterocycles. The Balaban J connectivity index is 1.63. The first kappa shape index (κ1) is 17.8. The summed E-state index contributed by atoms with van der Waals surface area (Å²) >= 11 is 0. The van der Waals surface area contributed by atoms with Crippen LogP contribution in [-0.4, -0.2) is 37.6 Å². The van der Waals surface area contributed by atoms with Crippen molar-refractivity contribution in [1.29, 1.82) is 0 Å². The number of anilines is 2. The quantitative estimate of drug-likeness (QED) is 0.752. The molecule has 9 heteroatoms. The molecular formula is C19H17FN6O2. The van der Waals surface area contributed by atoms with Crippen LogP contribution in [0.1, 0.15) is 13.8 Å². The van der Waals surface area contributed by atoms with Gasteiger partial charge in [0.15, 0.2) is 0 Å². The van der Waals surface area contributed by atoms with Gasteiger partial charge in [0, 0.05) is 5.56 Å². The highest BCUT2D eigenvalue weighted by molar-refractivity contribution is 6.14. The van der Waals surface area contributed by atoms with E-state index >= 15 is 0 Å². The van der Waals surface area contributed by atoms with E-state index in [2.05, 4.69) is 20.7 Å². The summed E-state index contributed by atoms with van der Waals surface area (Å²) in [5, 5.41) is 14.7. The topological polar surface area (TPSA) is 93.0 Å². The van der Waals surface area contributed by atoms with E-state index in [0.29, 0.717) is 16.9 Å². The first-order valence-corrected chi connectivity index (χ1v) is 8.63. The van der Waals surface area contributed by atoms with Crippen LogP contribution in [0.25, 0.3) is 11.4 Å². The van der Waals surface area contributed by atoms with Crippen LogP contribution in [0.15, 0.2) is 48.5 Å². The third kappa shape index (κ3) is 3.00. The molecule has 0 spiro atoms. The molecule has 0 atom stereocenters. The zero-order valence-electron chi connectivity index (χ0n) is 15.3. The van der Waals surface area contributed by atoms with Gasteiger partial charge in [-0.25, -0.2) is 4.39 Å². The molecule has 1 aliphatic heterocycles. The van der Waals surface area contributed by atoms with Crippen molar-refractivity contribution in [1.82, 2.24) is 20.2 Å². The van der Waals surface area contributed by atoms with Crippen molar-refractivity contribution in [3.8, 4) is 11.4 Å². The van der Waals surface area contributed by atoms with E-state index in [1.54, 1.807) is 50.2 Å². The van der Waals surface area contributed by atoms with Gasteiger partial charge in [0.2, 0.25) is 11.7 Å². The van der Waals surface area contributed by atoms with Crippen LogP contribution >= 0.6 is 0 Å². The maximum atomic E-state index is 13.4. The molecule has 2 amide bonds. The van der Waals surface area contributed by atoms with Crippen molar-refractivity contribution in [2.45, 2.75) is 25.9 Å². The summed E-state index contributed by atoms with van der Waals surface area (Å²) in [5.74, 6) is -0.854. The van der Waals surface area contributed by atoms with Crippen LogP contribution in [0.5, 0.6) is 0 Å². The Hall–Kier alpha value is -3.62. The van der Waals surface area contributed by atoms with E-state index < -0.39 is 11.4 Å². The highest BCUT2D eigenvalue weighted by Crippen LogP contribution is 2.36. The van der Waals surface area contributed by atoms with Gasteiger partial charge in [0.05, 0.1) is 11.4 Å². The van der Waals surface area contributed by atoms with Gasteiger partial charge in [-0.15, -0.1) is 10.2 Å². The molecule has 0 saturated heterocycles. The van der Waals surface area contributed by atoms with Crippen molar-refractivity contribution in [2.75, 3.05) is 10.2 Å². The smallest absolute Gasteiger partial charge is 0.251 e. The van der Waals surface area contributed by atoms with Gasteiger partial charge in [-0.05, 0) is 43.3 Å². The number of nitrogens with one attached hydrogen (secondary N) is 1. The predicted octanol–water partition coefficient (Wildman–Crippen LogP) is 2.24. The first-order valence-electron chi connectivity index (χ1n) is 8.63. The average molecular weight is 380 g/mol. The summed E-state index contributed by atoms with van der Waals surface area (Å²) in [6.07, 6.45) is 0. The molecule has 142 valence electrons. The van der Waals surface area contributed by atoms with Crippen molar-refractivity contribution < 1.29 is 14.0 Å². The fourth-order valence-electron chi connectivity index (χ4n) is 3.14. The Labute approximate surface area is 160 Å². The van der Waals surface area contributed by atoms with Crippen LogP contribution in [0.3, 0.4) is 0 Å². The molecule has 1 aliphatic rings. The van der Waals surface area contributed by atoms with Crippen molar-refractivity contribution >= 4 is 23.2 Å². The number of halogens is 1. The molecule has 0 saturated carbocycles. The monoisotopic (exact) mass is 380 g/mol. The minimum atomic E-state index is -1.09. The fraction of sp³-hybridized carbons (Fsp3) is 0.211. The van der Waals surface area contributed by atoms with E-state index in [4.69, 9.17) is 0 Å². The maximum absolute atomic E-state index is 13.4. The lowest BCUT2D eigenvalue weighted by molar-refractivity contribution is -0.127. The molecule has 0 bridgehead atoms. The average Bonchev–Trinajstić information content (AvgIpc) is 3.11. The van der Waals surface area contributed by atoms with Crippen LogP contribution in [0, 0.1) is 5.82 Å². The molecule has 8 nitrogen and oxygen atoms in total. The van der Waals surface area contributed by atoms with Gasteiger partial charge in [0.25, 0.3) is 5.91 Å². The van der Waals surface area contributed by atoms with Crippen molar-refractivity contribution in [3.05, 3.63) is 54.3 Å². The minimum absolute atomic E-state index is 0.211. The molecular weight excluding hydrogens is 363 g/mol. The number of amides is 2. The summed E-state index contributed by atoms with van der Waals surface area (Å²) in [4.78, 5) is 28.1. The second-order valence-corrected chi connectivity index (χ2v) is 6.91. The number of hydrogen-bond donors (Lipinski definition) is 1. The highest BCUT2D eigenvalue weighted by Gasteiger charge is 2.43. The second-order valence-electron chi connectivity index (χ2n) is 6.91. The number of rotatable bonds is 3. The summed E-state index contributed by atoms with van der Waals surface area (Å²) in [5.41, 5.74) is 0.536. The SMILES string of the molecule is CC1(C)C(=O)Nc2ccccc2N1C(=O)Cn1nnc(-c2cccc(F)c2)n1. The van der Waals surface area contributed by atoms with E-state index in [1.807, 2.05) is 0 Å². The molecule has 0 radical (unpaired) electrons. The van der Waals surface area contributed by atoms with Crippen molar-refractivity contribution in [3.63, 3.8) is 0 Å². The highest BCUT2D eigenvalue weighted by atomic mass is 19.1. The first-order chi connectivity index (χ1) is 13.4. The molecule has 28 heavy (non-hydrogen) atoms. The van der Waals surface area contributed by atoms with Gasteiger partial charge in [-0.1, -0.05) is 24.3 Å². The lowest BCUT2D eigenvalue weighted by Crippen LogP contribution is -2.59. The zero-order valence-corrected chi connectivity index (χ0v) is 15.3. The number of para-hydroxylation sites is 2. The number of fused-ring (bicyclic) bond motifs is 1. The lowest BCUT2D eigenvalue weighted by atomic mass is 9.96. The van der Waals surface area contributed by atoms with Crippen LogP contribution in [0.4, 0.5) is 15.8 Å². The van der Waals surface area contributed by atoms with Gasteiger partial charge in [0.1, 0.15) is 17.9 Å². The van der Waals surface area contributed by atoms with E-state index in [-0.39, 0.29) is 24.2 Å². The zero-order chi connectivity index (χ0) is 19.9. The van der Waals surface area contributed by atoms with E-state index in [0.717, 1.165) is 4.80 Å². The van der Waals surface area contributed by atoms with Gasteiger partial charge in [-0.3, -0.25) is 14.5 Å². The maximum Gasteiger partial charge on any atom is 0.251 e. The Morgan fingerprint density at radius 3 is 2.75 bits per heavy atom. The molecule has 0 unspecified atom stereocenters. The number of tetrazole rings is 1. The van der Waals surface area contributed by atoms with Gasteiger partial charge >= 0.3 is 0 Å². The normalized spacial score (nSPS) is 15.1. The number of carbonyl (C=O) groups excluding carboxylic acids is 2. The summed E-state index contributed by atoms with van der Waals surface area (Å²) in [6, 6.07) is 12.9. The third-order valence-corrected chi connectivity index (χ3v) is 4.57. The third-order valence-electron chi connectivity index (χ3n) is 4.57. The molecule has 2 aromatic carbocycles. The number of nitrogens with zero attached hydrogens (tertiary/aromatic N) is 5. The summed E-state index contributed by atoms with van der Waals surface area (Å²) < 4.78 is 13.4. The minimum Gasteiger partial charge on any atom is -0.322 e. The summed E-state index contributed by atoms with van der Waals surface area (Å²) in [6.45, 7) is 3.12. The number of benzene rings is 2. The predicted molar refractivity (Wildman–Crippen MR) is 99.8 cm³/mol. The van der Waals surface area contributed by atoms with Crippen molar-refractivity contribution in [2.24, 2.45) is 0 Å². The Morgan fingerprint density at radius 1 is 1.18 bits per heavy atom. The Kier molecular flexibility index (Phi) is 4.14. The van der Waals surface area contributed by atoms with Crippen LogP contribution in [0.2, 0.25) is 0 Å². The van der Waals surface area contributed by atoms with Crippen LogP contribution < -0.4 is 10.2 Å². The summed E-state index contributed by atoms with van der Waals surface area (Å²) in [7, 11) is 0. The number of hydrogen-bond acceptors (Lipinski definition) is 5. The van der Waals surface area contributed by atoms with Gasteiger partial charge < -0.3 is 5.32 Å². The van der Waals surface area contributed by atoms with E-state index in [9.17, 15) is 14.0 Å². The fourth-order valence-corrected chi connectivity index (χ4v) is 3.14. The molecule has 0 fully saturated rings. The van der Waals surface area contributed by atoms with Crippen LogP contribution in [-0.2, 0) is 16.1 Å². The lowest BCUT2D eigenvalue weighted by Gasteiger charge is -2.41. The Morgan fingerprint density at radius 2 is 1.96 bits per heavy atom.